The van der Waals surface area contributed by atoms with E-state index in [-0.39, 0.29) is 6.04 Å². The van der Waals surface area contributed by atoms with Gasteiger partial charge in [-0.15, -0.1) is 0 Å². The van der Waals surface area contributed by atoms with Crippen molar-refractivity contribution in [3.05, 3.63) is 42.1 Å². The van der Waals surface area contributed by atoms with Crippen molar-refractivity contribution in [2.24, 2.45) is 7.05 Å². The number of likely N-dealkylation sites (N-methyl/N-ethyl adjacent to an activating group) is 1. The van der Waals surface area contributed by atoms with Crippen LogP contribution in [0.25, 0.3) is 0 Å². The maximum Gasteiger partial charge on any atom is 0.126 e. The number of nitrogens with one attached hydrogen (secondary N) is 1. The molecule has 0 saturated carbocycles. The summed E-state index contributed by atoms with van der Waals surface area (Å²) in [4.78, 5) is 8.45. The van der Waals surface area contributed by atoms with Crippen LogP contribution in [0.4, 0.5) is 5.82 Å². The smallest absolute Gasteiger partial charge is 0.126 e. The molecule has 5 nitrogen and oxygen atoms in total. The van der Waals surface area contributed by atoms with E-state index >= 15 is 0 Å². The van der Waals surface area contributed by atoms with Gasteiger partial charge in [-0.25, -0.2) is 9.97 Å². The monoisotopic (exact) mass is 231 g/mol. The van der Waals surface area contributed by atoms with E-state index in [0.717, 1.165) is 17.8 Å². The first-order valence-electron chi connectivity index (χ1n) is 5.56. The molecule has 0 aliphatic rings. The fourth-order valence-corrected chi connectivity index (χ4v) is 1.88. The molecule has 3 N–H and O–H groups in total. The highest BCUT2D eigenvalue weighted by atomic mass is 15.1. The molecule has 2 aromatic heterocycles. The summed E-state index contributed by atoms with van der Waals surface area (Å²) in [5.41, 5.74) is 6.89. The minimum atomic E-state index is 0.140. The minimum Gasteiger partial charge on any atom is -0.383 e. The van der Waals surface area contributed by atoms with E-state index in [1.165, 1.54) is 0 Å². The van der Waals surface area contributed by atoms with Gasteiger partial charge in [0.05, 0.1) is 6.04 Å². The van der Waals surface area contributed by atoms with E-state index in [0.29, 0.717) is 5.82 Å². The van der Waals surface area contributed by atoms with Crippen molar-refractivity contribution in [2.45, 2.75) is 12.5 Å². The molecule has 0 aliphatic carbocycles. The van der Waals surface area contributed by atoms with Crippen LogP contribution in [0.5, 0.6) is 0 Å². The second-order valence-corrected chi connectivity index (χ2v) is 3.99. The van der Waals surface area contributed by atoms with Crippen LogP contribution >= 0.6 is 0 Å². The summed E-state index contributed by atoms with van der Waals surface area (Å²) in [6, 6.07) is 4.04. The van der Waals surface area contributed by atoms with Gasteiger partial charge in [0, 0.05) is 25.6 Å². The first-order valence-corrected chi connectivity index (χ1v) is 5.56. The van der Waals surface area contributed by atoms with Crippen molar-refractivity contribution in [3.63, 3.8) is 0 Å². The summed E-state index contributed by atoms with van der Waals surface area (Å²) < 4.78 is 2.01. The molecule has 17 heavy (non-hydrogen) atoms. The third kappa shape index (κ3) is 2.45. The van der Waals surface area contributed by atoms with Gasteiger partial charge in [0.25, 0.3) is 0 Å². The van der Waals surface area contributed by atoms with Gasteiger partial charge in [-0.1, -0.05) is 6.07 Å². The summed E-state index contributed by atoms with van der Waals surface area (Å²) in [6.07, 6.45) is 6.22. The summed E-state index contributed by atoms with van der Waals surface area (Å²) in [6.45, 7) is 0. The Morgan fingerprint density at radius 3 is 2.82 bits per heavy atom. The molecular formula is C12H17N5. The second-order valence-electron chi connectivity index (χ2n) is 3.99. The lowest BCUT2D eigenvalue weighted by atomic mass is 10.1. The molecule has 2 heterocycles. The van der Waals surface area contributed by atoms with E-state index in [1.807, 2.05) is 37.0 Å². The summed E-state index contributed by atoms with van der Waals surface area (Å²) in [5.74, 6) is 1.58. The molecule has 5 heteroatoms. The summed E-state index contributed by atoms with van der Waals surface area (Å²) >= 11 is 0. The zero-order chi connectivity index (χ0) is 12.3. The Bertz CT molecular complexity index is 491. The van der Waals surface area contributed by atoms with Crippen molar-refractivity contribution in [3.8, 4) is 0 Å². The highest BCUT2D eigenvalue weighted by molar-refractivity contribution is 5.39. The molecule has 2 aromatic rings. The van der Waals surface area contributed by atoms with Gasteiger partial charge >= 0.3 is 0 Å². The molecule has 1 atom stereocenters. The van der Waals surface area contributed by atoms with Gasteiger partial charge in [-0.3, -0.25) is 0 Å². The molecule has 1 unspecified atom stereocenters. The predicted octanol–water partition coefficient (Wildman–Crippen LogP) is 0.900. The maximum absolute atomic E-state index is 5.85. The highest BCUT2D eigenvalue weighted by Crippen LogP contribution is 2.18. The number of nitrogens with two attached hydrogens (primary N) is 1. The van der Waals surface area contributed by atoms with E-state index in [9.17, 15) is 0 Å². The lowest BCUT2D eigenvalue weighted by Crippen LogP contribution is -2.22. The number of hydrogen-bond donors (Lipinski definition) is 2. The Hall–Kier alpha value is -1.88. The van der Waals surface area contributed by atoms with Crippen LogP contribution < -0.4 is 11.1 Å². The molecule has 0 saturated heterocycles. The standard InChI is InChI=1S/C12H17N5/c1-14-10(12-16-6-7-17(12)2)8-9-4-3-5-15-11(9)13/h3-7,10,14H,8H2,1-2H3,(H2,13,15). The van der Waals surface area contributed by atoms with Gasteiger partial charge in [0.2, 0.25) is 0 Å². The van der Waals surface area contributed by atoms with Gasteiger partial charge < -0.3 is 15.6 Å². The van der Waals surface area contributed by atoms with Crippen LogP contribution in [-0.2, 0) is 13.5 Å². The fourth-order valence-electron chi connectivity index (χ4n) is 1.88. The second kappa shape index (κ2) is 4.97. The lowest BCUT2D eigenvalue weighted by Gasteiger charge is -2.16. The van der Waals surface area contributed by atoms with Crippen LogP contribution in [0, 0.1) is 0 Å². The Kier molecular flexibility index (Phi) is 3.39. The number of hydrogen-bond acceptors (Lipinski definition) is 4. The summed E-state index contributed by atoms with van der Waals surface area (Å²) in [7, 11) is 3.91. The molecule has 0 aliphatic heterocycles. The molecule has 90 valence electrons. The number of aromatic nitrogens is 3. The molecule has 0 spiro atoms. The van der Waals surface area contributed by atoms with Crippen molar-refractivity contribution >= 4 is 5.82 Å². The molecule has 0 amide bonds. The fraction of sp³-hybridized carbons (Fsp3) is 0.333. The van der Waals surface area contributed by atoms with Crippen LogP contribution in [0.3, 0.4) is 0 Å². The molecule has 0 bridgehead atoms. The van der Waals surface area contributed by atoms with Crippen molar-refractivity contribution < 1.29 is 0 Å². The first-order chi connectivity index (χ1) is 8.22. The minimum absolute atomic E-state index is 0.140. The Balaban J connectivity index is 2.22. The average molecular weight is 231 g/mol. The van der Waals surface area contributed by atoms with Gasteiger partial charge in [0.1, 0.15) is 11.6 Å². The number of rotatable bonds is 4. The molecule has 0 fully saturated rings. The lowest BCUT2D eigenvalue weighted by molar-refractivity contribution is 0.538. The zero-order valence-corrected chi connectivity index (χ0v) is 10.1. The van der Waals surface area contributed by atoms with E-state index in [4.69, 9.17) is 5.73 Å². The molecule has 0 radical (unpaired) electrons. The SMILES string of the molecule is CNC(Cc1cccnc1N)c1nccn1C. The summed E-state index contributed by atoms with van der Waals surface area (Å²) in [5, 5.41) is 3.25. The highest BCUT2D eigenvalue weighted by Gasteiger charge is 2.15. The van der Waals surface area contributed by atoms with Crippen molar-refractivity contribution in [2.75, 3.05) is 12.8 Å². The third-order valence-electron chi connectivity index (χ3n) is 2.87. The van der Waals surface area contributed by atoms with E-state index < -0.39 is 0 Å². The molecule has 0 aromatic carbocycles. The number of aryl methyl sites for hydroxylation is 1. The number of anilines is 1. The maximum atomic E-state index is 5.85. The van der Waals surface area contributed by atoms with Crippen LogP contribution in [-0.4, -0.2) is 21.6 Å². The van der Waals surface area contributed by atoms with Gasteiger partial charge in [-0.05, 0) is 25.1 Å². The number of imidazole rings is 1. The quantitative estimate of drug-likeness (QED) is 0.820. The van der Waals surface area contributed by atoms with Crippen LogP contribution in [0.2, 0.25) is 0 Å². The van der Waals surface area contributed by atoms with Crippen molar-refractivity contribution in [1.29, 1.82) is 0 Å². The van der Waals surface area contributed by atoms with Crippen molar-refractivity contribution in [1.82, 2.24) is 19.9 Å². The van der Waals surface area contributed by atoms with E-state index in [1.54, 1.807) is 12.4 Å². The average Bonchev–Trinajstić information content (AvgIpc) is 2.75. The van der Waals surface area contributed by atoms with E-state index in [2.05, 4.69) is 15.3 Å². The number of nitrogen functional groups attached to an aromatic ring is 1. The predicted molar refractivity (Wildman–Crippen MR) is 67.4 cm³/mol. The Morgan fingerprint density at radius 2 is 2.24 bits per heavy atom. The number of nitrogens with zero attached hydrogens (tertiary/aromatic N) is 3. The Labute approximate surface area is 101 Å². The largest absolute Gasteiger partial charge is 0.383 e. The van der Waals surface area contributed by atoms with Gasteiger partial charge in [-0.2, -0.15) is 0 Å². The molecule has 2 rings (SSSR count). The first kappa shape index (κ1) is 11.6. The zero-order valence-electron chi connectivity index (χ0n) is 10.1. The topological polar surface area (TPSA) is 68.8 Å². The Morgan fingerprint density at radius 1 is 1.41 bits per heavy atom. The normalized spacial score (nSPS) is 12.6. The third-order valence-corrected chi connectivity index (χ3v) is 2.87. The molecular weight excluding hydrogens is 214 g/mol. The van der Waals surface area contributed by atoms with Gasteiger partial charge in [0.15, 0.2) is 0 Å². The number of pyridine rings is 1. The van der Waals surface area contributed by atoms with Crippen LogP contribution in [0.1, 0.15) is 17.4 Å². The van der Waals surface area contributed by atoms with Crippen LogP contribution in [0.15, 0.2) is 30.7 Å².